The van der Waals surface area contributed by atoms with Crippen molar-refractivity contribution in [1.29, 1.82) is 0 Å². The molecule has 1 aromatic carbocycles. The van der Waals surface area contributed by atoms with Crippen molar-refractivity contribution in [3.05, 3.63) is 47.3 Å². The maximum absolute atomic E-state index is 12.6. The number of carbonyl (C=O) groups is 3. The van der Waals surface area contributed by atoms with E-state index in [1.807, 2.05) is 13.8 Å². The number of piperidine rings is 1. The first kappa shape index (κ1) is 19.6. The molecule has 3 rings (SSSR count). The lowest BCUT2D eigenvalue weighted by Crippen LogP contribution is -2.40. The number of hydrogen-bond acceptors (Lipinski definition) is 5. The summed E-state index contributed by atoms with van der Waals surface area (Å²) in [5, 5.41) is 15.6. The first-order chi connectivity index (χ1) is 13.3. The molecule has 1 saturated heterocycles. The number of carbonyl (C=O) groups excluding carboxylic acids is 2. The Labute approximate surface area is 162 Å². The van der Waals surface area contributed by atoms with Crippen LogP contribution >= 0.6 is 0 Å². The summed E-state index contributed by atoms with van der Waals surface area (Å²) < 4.78 is 5.06. The predicted molar refractivity (Wildman–Crippen MR) is 101 cm³/mol. The van der Waals surface area contributed by atoms with Crippen molar-refractivity contribution < 1.29 is 24.0 Å². The topological polar surface area (TPSA) is 113 Å². The van der Waals surface area contributed by atoms with Crippen molar-refractivity contribution in [3.63, 3.8) is 0 Å². The molecule has 0 bridgehead atoms. The van der Waals surface area contributed by atoms with Crippen molar-refractivity contribution >= 4 is 23.5 Å². The van der Waals surface area contributed by atoms with Gasteiger partial charge in [-0.25, -0.2) is 0 Å². The highest BCUT2D eigenvalue weighted by Gasteiger charge is 2.27. The second-order valence-corrected chi connectivity index (χ2v) is 7.21. The fourth-order valence-electron chi connectivity index (χ4n) is 3.07. The van der Waals surface area contributed by atoms with E-state index in [0.717, 1.165) is 0 Å². The molecule has 1 aromatic heterocycles. The number of benzene rings is 1. The van der Waals surface area contributed by atoms with E-state index in [-0.39, 0.29) is 23.5 Å². The molecule has 148 valence electrons. The predicted octanol–water partition coefficient (Wildman–Crippen LogP) is 2.99. The summed E-state index contributed by atoms with van der Waals surface area (Å²) in [5.74, 6) is -1.44. The number of carboxylic acids is 1. The zero-order valence-corrected chi connectivity index (χ0v) is 15.8. The van der Waals surface area contributed by atoms with Gasteiger partial charge in [-0.1, -0.05) is 19.0 Å². The standard InChI is InChI=1S/C20H23N3O5/c1-12(2)16-11-17(28-22-16)18(24)21-15-5-3-13(4-6-15)19(25)23-9-7-14(8-10-23)20(26)27/h3-6,11-12,14H,7-10H2,1-2H3,(H,21,24)(H,26,27). The van der Waals surface area contributed by atoms with Gasteiger partial charge in [0.25, 0.3) is 11.8 Å². The zero-order valence-electron chi connectivity index (χ0n) is 15.8. The van der Waals surface area contributed by atoms with Gasteiger partial charge in [0.2, 0.25) is 5.76 Å². The zero-order chi connectivity index (χ0) is 20.3. The number of anilines is 1. The van der Waals surface area contributed by atoms with E-state index >= 15 is 0 Å². The van der Waals surface area contributed by atoms with Gasteiger partial charge in [-0.15, -0.1) is 0 Å². The maximum atomic E-state index is 12.6. The molecule has 2 heterocycles. The largest absolute Gasteiger partial charge is 0.481 e. The van der Waals surface area contributed by atoms with Crippen molar-refractivity contribution in [2.45, 2.75) is 32.6 Å². The first-order valence-corrected chi connectivity index (χ1v) is 9.25. The van der Waals surface area contributed by atoms with Crippen LogP contribution < -0.4 is 5.32 Å². The van der Waals surface area contributed by atoms with Gasteiger partial charge in [0.05, 0.1) is 11.6 Å². The minimum atomic E-state index is -0.806. The summed E-state index contributed by atoms with van der Waals surface area (Å²) in [6.45, 7) is 4.77. The molecule has 1 aliphatic heterocycles. The molecular weight excluding hydrogens is 362 g/mol. The fraction of sp³-hybridized carbons (Fsp3) is 0.400. The lowest BCUT2D eigenvalue weighted by molar-refractivity contribution is -0.143. The quantitative estimate of drug-likeness (QED) is 0.818. The van der Waals surface area contributed by atoms with Gasteiger partial charge >= 0.3 is 5.97 Å². The SMILES string of the molecule is CC(C)c1cc(C(=O)Nc2ccc(C(=O)N3CCC(C(=O)O)CC3)cc2)on1. The highest BCUT2D eigenvalue weighted by molar-refractivity contribution is 6.02. The number of hydrogen-bond donors (Lipinski definition) is 2. The van der Waals surface area contributed by atoms with Crippen molar-refractivity contribution in [2.75, 3.05) is 18.4 Å². The molecule has 1 aliphatic rings. The number of amides is 2. The molecule has 8 nitrogen and oxygen atoms in total. The van der Waals surface area contributed by atoms with E-state index in [1.54, 1.807) is 35.2 Å². The van der Waals surface area contributed by atoms with Gasteiger partial charge in [0, 0.05) is 30.4 Å². The monoisotopic (exact) mass is 385 g/mol. The molecule has 0 saturated carbocycles. The molecule has 2 aromatic rings. The third-order valence-electron chi connectivity index (χ3n) is 4.86. The number of nitrogens with zero attached hydrogens (tertiary/aromatic N) is 2. The summed E-state index contributed by atoms with van der Waals surface area (Å²) in [7, 11) is 0. The van der Waals surface area contributed by atoms with E-state index in [4.69, 9.17) is 9.63 Å². The van der Waals surface area contributed by atoms with E-state index in [9.17, 15) is 14.4 Å². The van der Waals surface area contributed by atoms with Crippen LogP contribution in [-0.2, 0) is 4.79 Å². The molecule has 2 amide bonds. The molecule has 0 unspecified atom stereocenters. The Morgan fingerprint density at radius 2 is 1.82 bits per heavy atom. The molecule has 0 atom stereocenters. The number of rotatable bonds is 5. The summed E-state index contributed by atoms with van der Waals surface area (Å²) in [6.07, 6.45) is 0.926. The van der Waals surface area contributed by atoms with Crippen LogP contribution in [0.2, 0.25) is 0 Å². The Bertz CT molecular complexity index is 864. The molecule has 1 fully saturated rings. The van der Waals surface area contributed by atoms with Gasteiger partial charge < -0.3 is 19.8 Å². The number of carboxylic acid groups (broad SMARTS) is 1. The van der Waals surface area contributed by atoms with Crippen LogP contribution in [0.15, 0.2) is 34.9 Å². The second kappa shape index (κ2) is 8.24. The van der Waals surface area contributed by atoms with E-state index in [2.05, 4.69) is 10.5 Å². The van der Waals surface area contributed by atoms with Crippen LogP contribution in [0.4, 0.5) is 5.69 Å². The van der Waals surface area contributed by atoms with Crippen molar-refractivity contribution in [1.82, 2.24) is 10.1 Å². The highest BCUT2D eigenvalue weighted by atomic mass is 16.5. The molecule has 0 spiro atoms. The summed E-state index contributed by atoms with van der Waals surface area (Å²) >= 11 is 0. The minimum absolute atomic E-state index is 0.130. The van der Waals surface area contributed by atoms with Gasteiger partial charge in [-0.3, -0.25) is 14.4 Å². The van der Waals surface area contributed by atoms with Crippen LogP contribution in [0.5, 0.6) is 0 Å². The Hall–Kier alpha value is -3.16. The van der Waals surface area contributed by atoms with Crippen LogP contribution in [-0.4, -0.2) is 46.0 Å². The lowest BCUT2D eigenvalue weighted by atomic mass is 9.96. The normalized spacial score (nSPS) is 14.9. The Kier molecular flexibility index (Phi) is 5.77. The third kappa shape index (κ3) is 4.39. The van der Waals surface area contributed by atoms with Gasteiger partial charge in [0.15, 0.2) is 0 Å². The van der Waals surface area contributed by atoms with Crippen LogP contribution in [0.3, 0.4) is 0 Å². The van der Waals surface area contributed by atoms with E-state index < -0.39 is 11.9 Å². The van der Waals surface area contributed by atoms with Gasteiger partial charge in [-0.2, -0.15) is 0 Å². The van der Waals surface area contributed by atoms with Crippen molar-refractivity contribution in [2.24, 2.45) is 5.92 Å². The smallest absolute Gasteiger partial charge is 0.306 e. The van der Waals surface area contributed by atoms with E-state index in [0.29, 0.717) is 42.9 Å². The first-order valence-electron chi connectivity index (χ1n) is 9.25. The lowest BCUT2D eigenvalue weighted by Gasteiger charge is -2.30. The molecular formula is C20H23N3O5. The van der Waals surface area contributed by atoms with Crippen LogP contribution in [0.25, 0.3) is 0 Å². The van der Waals surface area contributed by atoms with Crippen LogP contribution in [0, 0.1) is 5.92 Å². The summed E-state index contributed by atoms with van der Waals surface area (Å²) in [5.41, 5.74) is 1.74. The molecule has 8 heteroatoms. The maximum Gasteiger partial charge on any atom is 0.306 e. The Morgan fingerprint density at radius 3 is 2.36 bits per heavy atom. The number of nitrogens with one attached hydrogen (secondary N) is 1. The summed E-state index contributed by atoms with van der Waals surface area (Å²) in [4.78, 5) is 37.5. The average molecular weight is 385 g/mol. The third-order valence-corrected chi connectivity index (χ3v) is 4.86. The summed E-state index contributed by atoms with van der Waals surface area (Å²) in [6, 6.07) is 8.19. The highest BCUT2D eigenvalue weighted by Crippen LogP contribution is 2.20. The molecule has 0 aliphatic carbocycles. The number of aliphatic carboxylic acids is 1. The van der Waals surface area contributed by atoms with Gasteiger partial charge in [0.1, 0.15) is 0 Å². The van der Waals surface area contributed by atoms with Gasteiger partial charge in [-0.05, 0) is 43.0 Å². The average Bonchev–Trinajstić information content (AvgIpc) is 3.19. The molecule has 2 N–H and O–H groups in total. The van der Waals surface area contributed by atoms with E-state index in [1.165, 1.54) is 0 Å². The number of aromatic nitrogens is 1. The fourth-order valence-corrected chi connectivity index (χ4v) is 3.07. The Morgan fingerprint density at radius 1 is 1.18 bits per heavy atom. The van der Waals surface area contributed by atoms with Crippen molar-refractivity contribution in [3.8, 4) is 0 Å². The molecule has 28 heavy (non-hydrogen) atoms. The van der Waals surface area contributed by atoms with Crippen LogP contribution in [0.1, 0.15) is 59.2 Å². The number of likely N-dealkylation sites (tertiary alicyclic amines) is 1. The second-order valence-electron chi connectivity index (χ2n) is 7.21. The minimum Gasteiger partial charge on any atom is -0.481 e. The molecule has 0 radical (unpaired) electrons. The Balaban J connectivity index is 1.59.